The number of ketones is 1. The van der Waals surface area contributed by atoms with Crippen molar-refractivity contribution in [3.63, 3.8) is 0 Å². The summed E-state index contributed by atoms with van der Waals surface area (Å²) >= 11 is 1.40. The van der Waals surface area contributed by atoms with Crippen LogP contribution < -0.4 is 5.32 Å². The molecule has 2 aromatic carbocycles. The van der Waals surface area contributed by atoms with Crippen LogP contribution in [0.4, 0.5) is 0 Å². The van der Waals surface area contributed by atoms with Gasteiger partial charge in [0.1, 0.15) is 5.69 Å². The fourth-order valence-corrected chi connectivity index (χ4v) is 3.69. The van der Waals surface area contributed by atoms with Crippen LogP contribution in [-0.2, 0) is 6.54 Å². The van der Waals surface area contributed by atoms with E-state index < -0.39 is 0 Å². The SMILES string of the molecule is O=C(NCc1ccc(C(=O)c2ccccc2)s1)c1cc2ccccc2[nH]1. The molecular formula is C21H16N2O2S. The number of hydrogen-bond donors (Lipinski definition) is 2. The van der Waals surface area contributed by atoms with Crippen LogP contribution in [0, 0.1) is 0 Å². The number of nitrogens with one attached hydrogen (secondary N) is 2. The molecule has 2 aromatic heterocycles. The Morgan fingerprint density at radius 3 is 2.50 bits per heavy atom. The number of rotatable bonds is 5. The predicted octanol–water partition coefficient (Wildman–Crippen LogP) is 4.39. The number of thiophene rings is 1. The maximum absolute atomic E-state index is 12.4. The van der Waals surface area contributed by atoms with Gasteiger partial charge in [-0.1, -0.05) is 48.5 Å². The van der Waals surface area contributed by atoms with Gasteiger partial charge in [-0.25, -0.2) is 0 Å². The Kier molecular flexibility index (Phi) is 4.37. The molecule has 0 spiro atoms. The van der Waals surface area contributed by atoms with Crippen LogP contribution >= 0.6 is 11.3 Å². The zero-order valence-corrected chi connectivity index (χ0v) is 14.7. The second-order valence-electron chi connectivity index (χ2n) is 5.91. The summed E-state index contributed by atoms with van der Waals surface area (Å²) in [4.78, 5) is 29.5. The molecule has 0 aliphatic rings. The molecule has 1 amide bonds. The van der Waals surface area contributed by atoms with Gasteiger partial charge in [-0.3, -0.25) is 9.59 Å². The second kappa shape index (κ2) is 6.98. The topological polar surface area (TPSA) is 62.0 Å². The van der Waals surface area contributed by atoms with Crippen LogP contribution in [0.15, 0.2) is 72.8 Å². The normalized spacial score (nSPS) is 10.8. The molecule has 0 aliphatic carbocycles. The quantitative estimate of drug-likeness (QED) is 0.519. The molecule has 0 saturated heterocycles. The molecule has 26 heavy (non-hydrogen) atoms. The van der Waals surface area contributed by atoms with E-state index >= 15 is 0 Å². The zero-order chi connectivity index (χ0) is 17.9. The highest BCUT2D eigenvalue weighted by Gasteiger charge is 2.13. The molecule has 0 radical (unpaired) electrons. The average molecular weight is 360 g/mol. The number of aromatic nitrogens is 1. The van der Waals surface area contributed by atoms with E-state index in [2.05, 4.69) is 10.3 Å². The third-order valence-corrected chi connectivity index (χ3v) is 5.20. The van der Waals surface area contributed by atoms with Crippen molar-refractivity contribution in [2.75, 3.05) is 0 Å². The van der Waals surface area contributed by atoms with E-state index in [1.165, 1.54) is 11.3 Å². The van der Waals surface area contributed by atoms with Crippen LogP contribution in [0.3, 0.4) is 0 Å². The minimum Gasteiger partial charge on any atom is -0.351 e. The van der Waals surface area contributed by atoms with Crippen LogP contribution in [0.25, 0.3) is 10.9 Å². The van der Waals surface area contributed by atoms with Crippen molar-refractivity contribution in [3.8, 4) is 0 Å². The molecule has 0 fully saturated rings. The predicted molar refractivity (Wildman–Crippen MR) is 104 cm³/mol. The standard InChI is InChI=1S/C21H16N2O2S/c24-20(14-6-2-1-3-7-14)19-11-10-16(26-19)13-22-21(25)18-12-15-8-4-5-9-17(15)23-18/h1-12,23H,13H2,(H,22,25). The monoisotopic (exact) mass is 360 g/mol. The number of carbonyl (C=O) groups excluding carboxylic acids is 2. The average Bonchev–Trinajstić information content (AvgIpc) is 3.33. The Bertz CT molecular complexity index is 1050. The number of benzene rings is 2. The minimum atomic E-state index is -0.162. The number of aromatic amines is 1. The van der Waals surface area contributed by atoms with Gasteiger partial charge >= 0.3 is 0 Å². The third-order valence-electron chi connectivity index (χ3n) is 4.12. The molecule has 0 atom stereocenters. The van der Waals surface area contributed by atoms with Crippen molar-refractivity contribution >= 4 is 33.9 Å². The highest BCUT2D eigenvalue weighted by atomic mass is 32.1. The van der Waals surface area contributed by atoms with E-state index in [4.69, 9.17) is 0 Å². The van der Waals surface area contributed by atoms with Crippen molar-refractivity contribution in [1.82, 2.24) is 10.3 Å². The molecule has 128 valence electrons. The van der Waals surface area contributed by atoms with E-state index in [0.717, 1.165) is 15.8 Å². The number of hydrogen-bond acceptors (Lipinski definition) is 3. The molecule has 2 heterocycles. The summed E-state index contributed by atoms with van der Waals surface area (Å²) in [5, 5.41) is 3.90. The molecule has 4 rings (SSSR count). The third kappa shape index (κ3) is 3.30. The summed E-state index contributed by atoms with van der Waals surface area (Å²) in [6, 6.07) is 22.5. The van der Waals surface area contributed by atoms with Gasteiger partial charge in [-0.05, 0) is 24.3 Å². The van der Waals surface area contributed by atoms with Crippen molar-refractivity contribution < 1.29 is 9.59 Å². The Balaban J connectivity index is 1.43. The van der Waals surface area contributed by atoms with E-state index in [-0.39, 0.29) is 11.7 Å². The van der Waals surface area contributed by atoms with Crippen molar-refractivity contribution in [1.29, 1.82) is 0 Å². The first kappa shape index (κ1) is 16.3. The van der Waals surface area contributed by atoms with Crippen LogP contribution in [0.5, 0.6) is 0 Å². The van der Waals surface area contributed by atoms with Gasteiger partial charge in [-0.15, -0.1) is 11.3 Å². The lowest BCUT2D eigenvalue weighted by Crippen LogP contribution is -2.22. The summed E-state index contributed by atoms with van der Waals surface area (Å²) in [6.07, 6.45) is 0. The van der Waals surface area contributed by atoms with Gasteiger partial charge in [0, 0.05) is 21.3 Å². The van der Waals surface area contributed by atoms with Gasteiger partial charge < -0.3 is 10.3 Å². The lowest BCUT2D eigenvalue weighted by atomic mass is 10.1. The summed E-state index contributed by atoms with van der Waals surface area (Å²) < 4.78 is 0. The van der Waals surface area contributed by atoms with E-state index in [1.807, 2.05) is 60.7 Å². The fraction of sp³-hybridized carbons (Fsp3) is 0.0476. The Morgan fingerprint density at radius 1 is 0.923 bits per heavy atom. The zero-order valence-electron chi connectivity index (χ0n) is 13.9. The van der Waals surface area contributed by atoms with Crippen molar-refractivity contribution in [2.45, 2.75) is 6.54 Å². The maximum atomic E-state index is 12.4. The molecule has 4 nitrogen and oxygen atoms in total. The first-order valence-electron chi connectivity index (χ1n) is 8.25. The lowest BCUT2D eigenvalue weighted by molar-refractivity contribution is 0.0946. The summed E-state index contributed by atoms with van der Waals surface area (Å²) in [7, 11) is 0. The minimum absolute atomic E-state index is 0.00351. The second-order valence-corrected chi connectivity index (χ2v) is 7.08. The van der Waals surface area contributed by atoms with Crippen LogP contribution in [-0.4, -0.2) is 16.7 Å². The molecule has 0 saturated carbocycles. The largest absolute Gasteiger partial charge is 0.351 e. The molecular weight excluding hydrogens is 344 g/mol. The molecule has 2 N–H and O–H groups in total. The van der Waals surface area contributed by atoms with Crippen LogP contribution in [0.1, 0.15) is 30.6 Å². The van der Waals surface area contributed by atoms with E-state index in [1.54, 1.807) is 12.1 Å². The Labute approximate surface area is 154 Å². The molecule has 0 bridgehead atoms. The number of amides is 1. The molecule has 0 unspecified atom stereocenters. The van der Waals surface area contributed by atoms with Crippen molar-refractivity contribution in [3.05, 3.63) is 93.8 Å². The van der Waals surface area contributed by atoms with E-state index in [9.17, 15) is 9.59 Å². The fourth-order valence-electron chi connectivity index (χ4n) is 2.79. The van der Waals surface area contributed by atoms with Gasteiger partial charge in [0.05, 0.1) is 11.4 Å². The smallest absolute Gasteiger partial charge is 0.268 e. The van der Waals surface area contributed by atoms with Gasteiger partial charge in [0.25, 0.3) is 5.91 Å². The van der Waals surface area contributed by atoms with Crippen LogP contribution in [0.2, 0.25) is 0 Å². The summed E-state index contributed by atoms with van der Waals surface area (Å²) in [5.74, 6) is -0.158. The van der Waals surface area contributed by atoms with Crippen molar-refractivity contribution in [2.24, 2.45) is 0 Å². The number of H-pyrrole nitrogens is 1. The number of para-hydroxylation sites is 1. The number of fused-ring (bicyclic) bond motifs is 1. The highest BCUT2D eigenvalue weighted by Crippen LogP contribution is 2.20. The van der Waals surface area contributed by atoms with E-state index in [0.29, 0.717) is 22.7 Å². The molecule has 5 heteroatoms. The first-order chi connectivity index (χ1) is 12.7. The van der Waals surface area contributed by atoms with Gasteiger partial charge in [0.15, 0.2) is 0 Å². The number of carbonyl (C=O) groups is 2. The maximum Gasteiger partial charge on any atom is 0.268 e. The Morgan fingerprint density at radius 2 is 1.69 bits per heavy atom. The Hall–Kier alpha value is -3.18. The highest BCUT2D eigenvalue weighted by molar-refractivity contribution is 7.14. The summed E-state index contributed by atoms with van der Waals surface area (Å²) in [5.41, 5.74) is 2.14. The van der Waals surface area contributed by atoms with Gasteiger partial charge in [0.2, 0.25) is 5.78 Å². The summed E-state index contributed by atoms with van der Waals surface area (Å²) in [6.45, 7) is 0.390. The molecule has 4 aromatic rings. The lowest BCUT2D eigenvalue weighted by Gasteiger charge is -2.01. The van der Waals surface area contributed by atoms with Gasteiger partial charge in [-0.2, -0.15) is 0 Å². The first-order valence-corrected chi connectivity index (χ1v) is 9.07. The molecule has 0 aliphatic heterocycles.